The van der Waals surface area contributed by atoms with Crippen LogP contribution in [0.15, 0.2) is 18.2 Å². The Labute approximate surface area is 112 Å². The van der Waals surface area contributed by atoms with E-state index in [2.05, 4.69) is 41.9 Å². The molecule has 0 aliphatic carbocycles. The van der Waals surface area contributed by atoms with Gasteiger partial charge in [0.05, 0.1) is 10.2 Å². The van der Waals surface area contributed by atoms with Gasteiger partial charge in [0.2, 0.25) is 0 Å². The maximum absolute atomic E-state index is 5.74. The summed E-state index contributed by atoms with van der Waals surface area (Å²) in [6, 6.07) is 6.49. The van der Waals surface area contributed by atoms with Gasteiger partial charge in [-0.25, -0.2) is 4.98 Å². The third-order valence-corrected chi connectivity index (χ3v) is 4.48. The molecule has 0 radical (unpaired) electrons. The van der Waals surface area contributed by atoms with Gasteiger partial charge >= 0.3 is 0 Å². The van der Waals surface area contributed by atoms with Crippen molar-refractivity contribution in [2.24, 2.45) is 5.41 Å². The van der Waals surface area contributed by atoms with Crippen LogP contribution in [0.2, 0.25) is 0 Å². The average molecular weight is 261 g/mol. The summed E-state index contributed by atoms with van der Waals surface area (Å²) in [6.45, 7) is 8.13. The van der Waals surface area contributed by atoms with Crippen LogP contribution in [-0.4, -0.2) is 23.0 Å². The predicted molar refractivity (Wildman–Crippen MR) is 77.7 cm³/mol. The Balaban J connectivity index is 1.78. The summed E-state index contributed by atoms with van der Waals surface area (Å²) in [7, 11) is 0. The van der Waals surface area contributed by atoms with Crippen LogP contribution < -0.4 is 5.73 Å². The van der Waals surface area contributed by atoms with Crippen molar-refractivity contribution < 1.29 is 0 Å². The average Bonchev–Trinajstić information content (AvgIpc) is 2.80. The zero-order chi connectivity index (χ0) is 12.8. The number of aromatic nitrogens is 1. The molecule has 1 aliphatic heterocycles. The van der Waals surface area contributed by atoms with Gasteiger partial charge in [-0.3, -0.25) is 4.90 Å². The van der Waals surface area contributed by atoms with E-state index in [1.165, 1.54) is 29.8 Å². The topological polar surface area (TPSA) is 42.2 Å². The minimum Gasteiger partial charge on any atom is -0.375 e. The molecule has 2 aromatic rings. The number of nitrogen functional groups attached to an aromatic ring is 1. The highest BCUT2D eigenvalue weighted by molar-refractivity contribution is 7.22. The van der Waals surface area contributed by atoms with Gasteiger partial charge in [-0.2, -0.15) is 0 Å². The van der Waals surface area contributed by atoms with Crippen LogP contribution in [0.5, 0.6) is 0 Å². The Kier molecular flexibility index (Phi) is 2.79. The molecule has 0 spiro atoms. The standard InChI is InChI=1S/C14H19N3S/c1-14(2)5-6-17(9-14)8-10-3-4-11-12(7-10)18-13(15)16-11/h3-4,7H,5-6,8-9H2,1-2H3,(H2,15,16). The number of likely N-dealkylation sites (tertiary alicyclic amines) is 1. The van der Waals surface area contributed by atoms with Crippen molar-refractivity contribution in [1.82, 2.24) is 9.88 Å². The second-order valence-electron chi connectivity index (χ2n) is 5.98. The van der Waals surface area contributed by atoms with Crippen molar-refractivity contribution in [3.8, 4) is 0 Å². The van der Waals surface area contributed by atoms with Gasteiger partial charge < -0.3 is 5.73 Å². The van der Waals surface area contributed by atoms with E-state index >= 15 is 0 Å². The zero-order valence-electron chi connectivity index (χ0n) is 10.9. The van der Waals surface area contributed by atoms with E-state index in [1.807, 2.05) is 0 Å². The number of rotatable bonds is 2. The van der Waals surface area contributed by atoms with E-state index in [9.17, 15) is 0 Å². The fourth-order valence-corrected chi connectivity index (χ4v) is 3.50. The Bertz CT molecular complexity index is 573. The van der Waals surface area contributed by atoms with Crippen molar-refractivity contribution >= 4 is 26.7 Å². The largest absolute Gasteiger partial charge is 0.375 e. The fraction of sp³-hybridized carbons (Fsp3) is 0.500. The van der Waals surface area contributed by atoms with E-state index in [-0.39, 0.29) is 0 Å². The molecule has 1 aromatic heterocycles. The summed E-state index contributed by atoms with van der Waals surface area (Å²) in [5.74, 6) is 0. The molecule has 0 atom stereocenters. The monoisotopic (exact) mass is 261 g/mol. The van der Waals surface area contributed by atoms with Crippen LogP contribution >= 0.6 is 11.3 Å². The summed E-state index contributed by atoms with van der Waals surface area (Å²) in [5, 5.41) is 0.657. The number of thiazole rings is 1. The molecular formula is C14H19N3S. The van der Waals surface area contributed by atoms with Gasteiger partial charge in [0.15, 0.2) is 5.13 Å². The first-order valence-electron chi connectivity index (χ1n) is 6.39. The van der Waals surface area contributed by atoms with Crippen LogP contribution in [0.1, 0.15) is 25.8 Å². The Morgan fingerprint density at radius 3 is 3.00 bits per heavy atom. The number of nitrogens with two attached hydrogens (primary N) is 1. The SMILES string of the molecule is CC1(C)CCN(Cc2ccc3nc(N)sc3c2)C1. The van der Waals surface area contributed by atoms with Gasteiger partial charge in [-0.05, 0) is 36.1 Å². The first-order chi connectivity index (χ1) is 8.52. The van der Waals surface area contributed by atoms with Gasteiger partial charge in [0.1, 0.15) is 0 Å². The van der Waals surface area contributed by atoms with Crippen LogP contribution in [0.3, 0.4) is 0 Å². The molecule has 1 fully saturated rings. The predicted octanol–water partition coefficient (Wildman–Crippen LogP) is 3.11. The first kappa shape index (κ1) is 11.9. The van der Waals surface area contributed by atoms with E-state index in [0.29, 0.717) is 10.5 Å². The summed E-state index contributed by atoms with van der Waals surface area (Å²) in [4.78, 5) is 6.83. The lowest BCUT2D eigenvalue weighted by molar-refractivity contribution is 0.284. The normalized spacial score (nSPS) is 19.7. The molecule has 0 saturated carbocycles. The van der Waals surface area contributed by atoms with Crippen molar-refractivity contribution in [2.75, 3.05) is 18.8 Å². The van der Waals surface area contributed by atoms with Crippen molar-refractivity contribution in [3.05, 3.63) is 23.8 Å². The number of hydrogen-bond acceptors (Lipinski definition) is 4. The maximum Gasteiger partial charge on any atom is 0.181 e. The van der Waals surface area contributed by atoms with Gasteiger partial charge in [0.25, 0.3) is 0 Å². The second kappa shape index (κ2) is 4.21. The molecule has 3 nitrogen and oxygen atoms in total. The lowest BCUT2D eigenvalue weighted by Crippen LogP contribution is -2.22. The zero-order valence-corrected chi connectivity index (χ0v) is 11.8. The lowest BCUT2D eigenvalue weighted by atomic mass is 9.93. The molecular weight excluding hydrogens is 242 g/mol. The van der Waals surface area contributed by atoms with E-state index in [4.69, 9.17) is 5.73 Å². The van der Waals surface area contributed by atoms with Crippen LogP contribution in [0.4, 0.5) is 5.13 Å². The van der Waals surface area contributed by atoms with Crippen LogP contribution in [-0.2, 0) is 6.54 Å². The maximum atomic E-state index is 5.74. The molecule has 2 heterocycles. The number of nitrogens with zero attached hydrogens (tertiary/aromatic N) is 2. The Morgan fingerprint density at radius 1 is 1.44 bits per heavy atom. The summed E-state index contributed by atoms with van der Waals surface area (Å²) >= 11 is 1.57. The van der Waals surface area contributed by atoms with Crippen molar-refractivity contribution in [1.29, 1.82) is 0 Å². The molecule has 96 valence electrons. The first-order valence-corrected chi connectivity index (χ1v) is 7.21. The molecule has 0 amide bonds. The van der Waals surface area contributed by atoms with E-state index in [0.717, 1.165) is 12.1 Å². The number of hydrogen-bond donors (Lipinski definition) is 1. The third-order valence-electron chi connectivity index (χ3n) is 3.63. The Hall–Kier alpha value is -1.13. The fourth-order valence-electron chi connectivity index (χ4n) is 2.70. The molecule has 1 aliphatic rings. The highest BCUT2D eigenvalue weighted by atomic mass is 32.1. The van der Waals surface area contributed by atoms with E-state index < -0.39 is 0 Å². The minimum atomic E-state index is 0.471. The lowest BCUT2D eigenvalue weighted by Gasteiger charge is -2.19. The molecule has 18 heavy (non-hydrogen) atoms. The van der Waals surface area contributed by atoms with Gasteiger partial charge in [-0.1, -0.05) is 31.3 Å². The second-order valence-corrected chi connectivity index (χ2v) is 7.04. The van der Waals surface area contributed by atoms with Gasteiger partial charge in [-0.15, -0.1) is 0 Å². The minimum absolute atomic E-state index is 0.471. The quantitative estimate of drug-likeness (QED) is 0.903. The van der Waals surface area contributed by atoms with Crippen LogP contribution in [0, 0.1) is 5.41 Å². The third kappa shape index (κ3) is 2.35. The molecule has 1 saturated heterocycles. The molecule has 2 N–H and O–H groups in total. The summed E-state index contributed by atoms with van der Waals surface area (Å²) in [5.41, 5.74) is 8.59. The van der Waals surface area contributed by atoms with Crippen molar-refractivity contribution in [3.63, 3.8) is 0 Å². The number of anilines is 1. The molecule has 4 heteroatoms. The Morgan fingerprint density at radius 2 is 2.28 bits per heavy atom. The smallest absolute Gasteiger partial charge is 0.181 e. The van der Waals surface area contributed by atoms with Crippen LogP contribution in [0.25, 0.3) is 10.2 Å². The highest BCUT2D eigenvalue weighted by Gasteiger charge is 2.28. The highest BCUT2D eigenvalue weighted by Crippen LogP contribution is 2.30. The van der Waals surface area contributed by atoms with Crippen molar-refractivity contribution in [2.45, 2.75) is 26.8 Å². The summed E-state index contributed by atoms with van der Waals surface area (Å²) in [6.07, 6.45) is 1.29. The molecule has 3 rings (SSSR count). The number of benzene rings is 1. The van der Waals surface area contributed by atoms with E-state index in [1.54, 1.807) is 11.3 Å². The molecule has 0 unspecified atom stereocenters. The molecule has 1 aromatic carbocycles. The molecule has 0 bridgehead atoms. The van der Waals surface area contributed by atoms with Gasteiger partial charge in [0, 0.05) is 13.1 Å². The number of fused-ring (bicyclic) bond motifs is 1. The summed E-state index contributed by atoms with van der Waals surface area (Å²) < 4.78 is 1.20.